The van der Waals surface area contributed by atoms with Gasteiger partial charge in [0.25, 0.3) is 0 Å². The Labute approximate surface area is 111 Å². The first-order valence-electron chi connectivity index (χ1n) is 5.76. The largest absolute Gasteiger partial charge is 0.462 e. The Hall–Kier alpha value is -1.39. The van der Waals surface area contributed by atoms with Crippen LogP contribution in [0.1, 0.15) is 11.5 Å². The Morgan fingerprint density at radius 3 is 2.67 bits per heavy atom. The van der Waals surface area contributed by atoms with Crippen LogP contribution in [-0.4, -0.2) is 18.4 Å². The van der Waals surface area contributed by atoms with Crippen LogP contribution in [0.2, 0.25) is 0 Å². The molecule has 1 aromatic carbocycles. The highest BCUT2D eigenvalue weighted by atomic mass is 32.2. The van der Waals surface area contributed by atoms with Crippen molar-refractivity contribution in [2.24, 2.45) is 0 Å². The molecule has 0 spiro atoms. The van der Waals surface area contributed by atoms with Gasteiger partial charge in [-0.3, -0.25) is 0 Å². The number of anilines is 1. The molecule has 0 saturated heterocycles. The highest BCUT2D eigenvalue weighted by Crippen LogP contribution is 2.22. The van der Waals surface area contributed by atoms with E-state index in [1.807, 2.05) is 19.2 Å². The maximum absolute atomic E-state index is 8.96. The summed E-state index contributed by atoms with van der Waals surface area (Å²) in [7, 11) is 2.03. The van der Waals surface area contributed by atoms with Gasteiger partial charge < -0.3 is 14.4 Å². The van der Waals surface area contributed by atoms with E-state index in [1.165, 1.54) is 4.90 Å². The van der Waals surface area contributed by atoms with E-state index in [9.17, 15) is 0 Å². The molecule has 1 heterocycles. The fourth-order valence-corrected chi connectivity index (χ4v) is 2.22. The number of benzene rings is 1. The SMILES string of the molecule is CSc1cccc(N(C)Cc2ccc(CO)o2)c1. The topological polar surface area (TPSA) is 36.6 Å². The van der Waals surface area contributed by atoms with Crippen molar-refractivity contribution in [3.63, 3.8) is 0 Å². The highest BCUT2D eigenvalue weighted by molar-refractivity contribution is 7.98. The number of rotatable bonds is 5. The smallest absolute Gasteiger partial charge is 0.129 e. The summed E-state index contributed by atoms with van der Waals surface area (Å²) in [6, 6.07) is 12.1. The molecule has 1 aromatic heterocycles. The predicted molar refractivity (Wildman–Crippen MR) is 75.0 cm³/mol. The maximum Gasteiger partial charge on any atom is 0.129 e. The lowest BCUT2D eigenvalue weighted by atomic mass is 10.3. The minimum Gasteiger partial charge on any atom is -0.462 e. The molecule has 4 heteroatoms. The van der Waals surface area contributed by atoms with Gasteiger partial charge in [-0.2, -0.15) is 0 Å². The summed E-state index contributed by atoms with van der Waals surface area (Å²) in [6.07, 6.45) is 2.07. The van der Waals surface area contributed by atoms with E-state index >= 15 is 0 Å². The second-order valence-corrected chi connectivity index (χ2v) is 4.96. The van der Waals surface area contributed by atoms with Gasteiger partial charge in [-0.05, 0) is 36.6 Å². The van der Waals surface area contributed by atoms with Gasteiger partial charge in [-0.15, -0.1) is 11.8 Å². The van der Waals surface area contributed by atoms with E-state index in [0.29, 0.717) is 12.3 Å². The van der Waals surface area contributed by atoms with Crippen LogP contribution in [0.15, 0.2) is 45.7 Å². The number of furan rings is 1. The molecule has 1 N–H and O–H groups in total. The molecule has 18 heavy (non-hydrogen) atoms. The van der Waals surface area contributed by atoms with Gasteiger partial charge in [0.05, 0.1) is 6.54 Å². The Balaban J connectivity index is 2.08. The Morgan fingerprint density at radius 1 is 1.22 bits per heavy atom. The van der Waals surface area contributed by atoms with Crippen molar-refractivity contribution in [2.75, 3.05) is 18.2 Å². The molecule has 0 atom stereocenters. The third-order valence-corrected chi connectivity index (χ3v) is 3.49. The van der Waals surface area contributed by atoms with Crippen molar-refractivity contribution < 1.29 is 9.52 Å². The van der Waals surface area contributed by atoms with Crippen molar-refractivity contribution in [1.29, 1.82) is 0 Å². The first-order chi connectivity index (χ1) is 8.72. The normalized spacial score (nSPS) is 10.6. The quantitative estimate of drug-likeness (QED) is 0.841. The Kier molecular flexibility index (Phi) is 4.33. The lowest BCUT2D eigenvalue weighted by molar-refractivity contribution is 0.243. The molecule has 0 bridgehead atoms. The van der Waals surface area contributed by atoms with E-state index in [4.69, 9.17) is 9.52 Å². The van der Waals surface area contributed by atoms with Crippen molar-refractivity contribution in [3.05, 3.63) is 47.9 Å². The first-order valence-corrected chi connectivity index (χ1v) is 6.99. The number of hydrogen-bond acceptors (Lipinski definition) is 4. The summed E-state index contributed by atoms with van der Waals surface area (Å²) >= 11 is 1.73. The van der Waals surface area contributed by atoms with Crippen LogP contribution in [0, 0.1) is 0 Å². The molecule has 0 fully saturated rings. The molecule has 0 aliphatic rings. The minimum absolute atomic E-state index is 0.0499. The third-order valence-electron chi connectivity index (χ3n) is 2.76. The van der Waals surface area contributed by atoms with E-state index in [2.05, 4.69) is 35.4 Å². The highest BCUT2D eigenvalue weighted by Gasteiger charge is 2.06. The minimum atomic E-state index is -0.0499. The molecule has 0 aliphatic carbocycles. The molecular weight excluding hydrogens is 246 g/mol. The van der Waals surface area contributed by atoms with E-state index < -0.39 is 0 Å². The summed E-state index contributed by atoms with van der Waals surface area (Å²) in [4.78, 5) is 3.37. The number of nitrogens with zero attached hydrogens (tertiary/aromatic N) is 1. The molecule has 0 unspecified atom stereocenters. The molecule has 3 nitrogen and oxygen atoms in total. The molecule has 2 aromatic rings. The molecular formula is C14H17NO2S. The second kappa shape index (κ2) is 5.98. The summed E-state index contributed by atoms with van der Waals surface area (Å²) in [5.74, 6) is 1.47. The summed E-state index contributed by atoms with van der Waals surface area (Å²) in [6.45, 7) is 0.642. The number of hydrogen-bond donors (Lipinski definition) is 1. The van der Waals surface area contributed by atoms with Crippen LogP contribution in [0.25, 0.3) is 0 Å². The van der Waals surface area contributed by atoms with Crippen LogP contribution in [0.5, 0.6) is 0 Å². The van der Waals surface area contributed by atoms with Crippen LogP contribution < -0.4 is 4.90 Å². The van der Waals surface area contributed by atoms with Gasteiger partial charge >= 0.3 is 0 Å². The van der Waals surface area contributed by atoms with Gasteiger partial charge in [0.1, 0.15) is 18.1 Å². The first kappa shape index (κ1) is 13.1. The lowest BCUT2D eigenvalue weighted by Gasteiger charge is -2.18. The number of aliphatic hydroxyl groups is 1. The molecule has 0 aliphatic heterocycles. The third kappa shape index (κ3) is 3.09. The standard InChI is InChI=1S/C14H17NO2S/c1-15(9-12-6-7-13(10-16)17-12)11-4-3-5-14(8-11)18-2/h3-8,16H,9-10H2,1-2H3. The second-order valence-electron chi connectivity index (χ2n) is 4.08. The number of thioether (sulfide) groups is 1. The van der Waals surface area contributed by atoms with Crippen molar-refractivity contribution in [1.82, 2.24) is 0 Å². The van der Waals surface area contributed by atoms with Crippen LogP contribution in [-0.2, 0) is 13.2 Å². The average Bonchev–Trinajstić information content (AvgIpc) is 2.86. The lowest BCUT2D eigenvalue weighted by Crippen LogP contribution is -2.15. The average molecular weight is 263 g/mol. The monoisotopic (exact) mass is 263 g/mol. The zero-order valence-corrected chi connectivity index (χ0v) is 11.4. The molecule has 0 amide bonds. The summed E-state index contributed by atoms with van der Waals surface area (Å²) < 4.78 is 5.48. The predicted octanol–water partition coefficient (Wildman–Crippen LogP) is 3.13. The van der Waals surface area contributed by atoms with Crippen molar-refractivity contribution in [3.8, 4) is 0 Å². The molecule has 0 saturated carbocycles. The Bertz CT molecular complexity index is 510. The molecule has 2 rings (SSSR count). The van der Waals surface area contributed by atoms with Gasteiger partial charge in [0.2, 0.25) is 0 Å². The van der Waals surface area contributed by atoms with Gasteiger partial charge in [0, 0.05) is 17.6 Å². The van der Waals surface area contributed by atoms with Gasteiger partial charge in [0.15, 0.2) is 0 Å². The van der Waals surface area contributed by atoms with E-state index in [0.717, 1.165) is 11.4 Å². The zero-order valence-electron chi connectivity index (χ0n) is 10.6. The van der Waals surface area contributed by atoms with Crippen LogP contribution in [0.4, 0.5) is 5.69 Å². The van der Waals surface area contributed by atoms with E-state index in [-0.39, 0.29) is 6.61 Å². The fraction of sp³-hybridized carbons (Fsp3) is 0.286. The maximum atomic E-state index is 8.96. The zero-order chi connectivity index (χ0) is 13.0. The number of aliphatic hydroxyl groups excluding tert-OH is 1. The van der Waals surface area contributed by atoms with Crippen LogP contribution in [0.3, 0.4) is 0 Å². The van der Waals surface area contributed by atoms with Crippen molar-refractivity contribution >= 4 is 17.4 Å². The molecule has 96 valence electrons. The van der Waals surface area contributed by atoms with Gasteiger partial charge in [-0.1, -0.05) is 6.07 Å². The summed E-state index contributed by atoms with van der Waals surface area (Å²) in [5.41, 5.74) is 1.16. The van der Waals surface area contributed by atoms with Gasteiger partial charge in [-0.25, -0.2) is 0 Å². The molecule has 0 radical (unpaired) electrons. The van der Waals surface area contributed by atoms with Crippen LogP contribution >= 0.6 is 11.8 Å². The summed E-state index contributed by atoms with van der Waals surface area (Å²) in [5, 5.41) is 8.96. The Morgan fingerprint density at radius 2 is 2.00 bits per heavy atom. The fourth-order valence-electron chi connectivity index (χ4n) is 1.77. The van der Waals surface area contributed by atoms with Crippen molar-refractivity contribution in [2.45, 2.75) is 18.0 Å². The van der Waals surface area contributed by atoms with E-state index in [1.54, 1.807) is 11.8 Å².